The number of carbonyl (C=O) groups excluding carboxylic acids is 2. The Hall–Kier alpha value is -1.87. The maximum atomic E-state index is 12.6. The molecule has 0 aliphatic rings. The van der Waals surface area contributed by atoms with E-state index in [0.29, 0.717) is 0 Å². The lowest BCUT2D eigenvalue weighted by Gasteiger charge is -2.13. The number of amides is 1. The lowest BCUT2D eigenvalue weighted by molar-refractivity contribution is -0.142. The summed E-state index contributed by atoms with van der Waals surface area (Å²) in [6.45, 7) is 0. The SMILES string of the molecule is COC(=O)CCC(=O)NC(=S)Nc1cc(C(F)(F)F)ccc1Cl. The molecule has 0 aliphatic heterocycles. The highest BCUT2D eigenvalue weighted by Crippen LogP contribution is 2.33. The minimum absolute atomic E-state index is 0.00385. The number of methoxy groups -OCH3 is 1. The van der Waals surface area contributed by atoms with Crippen LogP contribution in [0.5, 0.6) is 0 Å². The van der Waals surface area contributed by atoms with Crippen LogP contribution in [0.3, 0.4) is 0 Å². The smallest absolute Gasteiger partial charge is 0.416 e. The molecule has 0 saturated carbocycles. The Balaban J connectivity index is 2.67. The molecule has 1 amide bonds. The Morgan fingerprint density at radius 2 is 1.96 bits per heavy atom. The lowest BCUT2D eigenvalue weighted by atomic mass is 10.2. The van der Waals surface area contributed by atoms with Crippen LogP contribution in [0.1, 0.15) is 18.4 Å². The summed E-state index contributed by atoms with van der Waals surface area (Å²) in [5, 5.41) is 4.40. The van der Waals surface area contributed by atoms with Crippen LogP contribution in [0.25, 0.3) is 0 Å². The van der Waals surface area contributed by atoms with E-state index in [1.165, 1.54) is 7.11 Å². The molecular weight excluding hydrogens is 357 g/mol. The zero-order valence-electron chi connectivity index (χ0n) is 11.8. The third-order valence-electron chi connectivity index (χ3n) is 2.58. The average molecular weight is 369 g/mol. The summed E-state index contributed by atoms with van der Waals surface area (Å²) in [5.74, 6) is -1.16. The quantitative estimate of drug-likeness (QED) is 0.631. The highest BCUT2D eigenvalue weighted by molar-refractivity contribution is 7.80. The van der Waals surface area contributed by atoms with Gasteiger partial charge < -0.3 is 15.4 Å². The molecule has 0 heterocycles. The number of benzene rings is 1. The van der Waals surface area contributed by atoms with Gasteiger partial charge in [-0.3, -0.25) is 9.59 Å². The van der Waals surface area contributed by atoms with Gasteiger partial charge in [0.1, 0.15) is 0 Å². The second kappa shape index (κ2) is 8.11. The number of halogens is 4. The molecule has 0 bridgehead atoms. The van der Waals surface area contributed by atoms with E-state index >= 15 is 0 Å². The third-order valence-corrected chi connectivity index (χ3v) is 3.11. The first kappa shape index (κ1) is 19.2. The highest BCUT2D eigenvalue weighted by atomic mass is 35.5. The Kier molecular flexibility index (Phi) is 6.77. The zero-order chi connectivity index (χ0) is 17.6. The fourth-order valence-electron chi connectivity index (χ4n) is 1.46. The summed E-state index contributed by atoms with van der Waals surface area (Å²) in [7, 11) is 1.18. The van der Waals surface area contributed by atoms with Gasteiger partial charge in [-0.1, -0.05) is 11.6 Å². The number of nitrogens with one attached hydrogen (secondary N) is 2. The Labute approximate surface area is 140 Å². The van der Waals surface area contributed by atoms with Gasteiger partial charge in [0.05, 0.1) is 29.8 Å². The summed E-state index contributed by atoms with van der Waals surface area (Å²) in [6, 6.07) is 2.66. The monoisotopic (exact) mass is 368 g/mol. The van der Waals surface area contributed by atoms with Crippen molar-refractivity contribution in [3.8, 4) is 0 Å². The van der Waals surface area contributed by atoms with E-state index in [0.717, 1.165) is 18.2 Å². The van der Waals surface area contributed by atoms with Crippen LogP contribution in [-0.2, 0) is 20.5 Å². The van der Waals surface area contributed by atoms with Gasteiger partial charge >= 0.3 is 12.1 Å². The van der Waals surface area contributed by atoms with Gasteiger partial charge in [0, 0.05) is 6.42 Å². The van der Waals surface area contributed by atoms with Crippen molar-refractivity contribution in [3.63, 3.8) is 0 Å². The molecule has 0 aliphatic carbocycles. The van der Waals surface area contributed by atoms with Gasteiger partial charge in [-0.2, -0.15) is 13.2 Å². The third kappa shape index (κ3) is 6.41. The van der Waals surface area contributed by atoms with Crippen molar-refractivity contribution in [1.82, 2.24) is 5.32 Å². The van der Waals surface area contributed by atoms with Crippen LogP contribution in [0, 0.1) is 0 Å². The molecule has 0 aromatic heterocycles. The molecule has 5 nitrogen and oxygen atoms in total. The normalized spacial score (nSPS) is 10.8. The molecule has 0 fully saturated rings. The standard InChI is InChI=1S/C13H12ClF3N2O3S/c1-22-11(21)5-4-10(20)19-12(23)18-9-6-7(13(15,16)17)2-3-8(9)14/h2-3,6H,4-5H2,1H3,(H2,18,19,20,23). The Morgan fingerprint density at radius 3 is 2.52 bits per heavy atom. The number of alkyl halides is 3. The van der Waals surface area contributed by atoms with Crippen LogP contribution in [0.15, 0.2) is 18.2 Å². The maximum absolute atomic E-state index is 12.6. The number of ether oxygens (including phenoxy) is 1. The number of hydrogen-bond donors (Lipinski definition) is 2. The molecule has 2 N–H and O–H groups in total. The second-order valence-corrected chi connectivity index (χ2v) is 5.09. The second-order valence-electron chi connectivity index (χ2n) is 4.27. The van der Waals surface area contributed by atoms with Crippen molar-refractivity contribution >= 4 is 46.5 Å². The molecule has 1 aromatic carbocycles. The minimum atomic E-state index is -4.54. The summed E-state index contributed by atoms with van der Waals surface area (Å²) < 4.78 is 42.3. The van der Waals surface area contributed by atoms with Crippen molar-refractivity contribution in [1.29, 1.82) is 0 Å². The number of thiocarbonyl (C=S) groups is 1. The fraction of sp³-hybridized carbons (Fsp3) is 0.308. The molecule has 1 rings (SSSR count). The highest BCUT2D eigenvalue weighted by Gasteiger charge is 2.31. The first-order valence-corrected chi connectivity index (χ1v) is 6.96. The van der Waals surface area contributed by atoms with E-state index in [2.05, 4.69) is 15.4 Å². The van der Waals surface area contributed by atoms with E-state index in [1.807, 2.05) is 0 Å². The lowest BCUT2D eigenvalue weighted by Crippen LogP contribution is -2.34. The van der Waals surface area contributed by atoms with Crippen molar-refractivity contribution in [2.45, 2.75) is 19.0 Å². The first-order valence-electron chi connectivity index (χ1n) is 6.18. The van der Waals surface area contributed by atoms with Crippen LogP contribution < -0.4 is 10.6 Å². The largest absolute Gasteiger partial charge is 0.469 e. The van der Waals surface area contributed by atoms with Crippen molar-refractivity contribution in [2.24, 2.45) is 0 Å². The first-order chi connectivity index (χ1) is 10.6. The molecular formula is C13H12ClF3N2O3S. The van der Waals surface area contributed by atoms with Gasteiger partial charge in [0.2, 0.25) is 5.91 Å². The predicted octanol–water partition coefficient (Wildman–Crippen LogP) is 3.13. The molecule has 0 radical (unpaired) electrons. The van der Waals surface area contributed by atoms with Gasteiger partial charge in [0.25, 0.3) is 0 Å². The molecule has 0 saturated heterocycles. The number of hydrogen-bond acceptors (Lipinski definition) is 4. The molecule has 126 valence electrons. The molecule has 23 heavy (non-hydrogen) atoms. The van der Waals surface area contributed by atoms with E-state index < -0.39 is 23.6 Å². The van der Waals surface area contributed by atoms with Gasteiger partial charge in [-0.25, -0.2) is 0 Å². The summed E-state index contributed by atoms with van der Waals surface area (Å²) >= 11 is 10.6. The van der Waals surface area contributed by atoms with Gasteiger partial charge in [-0.05, 0) is 30.4 Å². The summed E-state index contributed by atoms with van der Waals surface area (Å²) in [6.07, 6.45) is -4.85. The van der Waals surface area contributed by atoms with E-state index in [4.69, 9.17) is 23.8 Å². The van der Waals surface area contributed by atoms with Crippen LogP contribution in [0.2, 0.25) is 5.02 Å². The van der Waals surface area contributed by atoms with E-state index in [1.54, 1.807) is 0 Å². The number of anilines is 1. The Bertz CT molecular complexity index is 623. The molecule has 0 unspecified atom stereocenters. The predicted molar refractivity (Wildman–Crippen MR) is 82.1 cm³/mol. The van der Waals surface area contributed by atoms with Crippen molar-refractivity contribution in [2.75, 3.05) is 12.4 Å². The summed E-state index contributed by atoms with van der Waals surface area (Å²) in [4.78, 5) is 22.4. The number of esters is 1. The van der Waals surface area contributed by atoms with E-state index in [9.17, 15) is 22.8 Å². The average Bonchev–Trinajstić information content (AvgIpc) is 2.45. The number of rotatable bonds is 4. The molecule has 1 aromatic rings. The number of carbonyl (C=O) groups is 2. The molecule has 0 atom stereocenters. The van der Waals surface area contributed by atoms with Crippen molar-refractivity contribution in [3.05, 3.63) is 28.8 Å². The van der Waals surface area contributed by atoms with Crippen LogP contribution in [-0.4, -0.2) is 24.1 Å². The summed E-state index contributed by atoms with van der Waals surface area (Å²) in [5.41, 5.74) is -1.01. The Morgan fingerprint density at radius 1 is 1.30 bits per heavy atom. The molecule has 0 spiro atoms. The van der Waals surface area contributed by atoms with Crippen LogP contribution in [0.4, 0.5) is 18.9 Å². The van der Waals surface area contributed by atoms with Crippen LogP contribution >= 0.6 is 23.8 Å². The zero-order valence-corrected chi connectivity index (χ0v) is 13.4. The topological polar surface area (TPSA) is 67.4 Å². The minimum Gasteiger partial charge on any atom is -0.469 e. The molecule has 10 heteroatoms. The fourth-order valence-corrected chi connectivity index (χ4v) is 1.85. The van der Waals surface area contributed by atoms with E-state index in [-0.39, 0.29) is 28.7 Å². The van der Waals surface area contributed by atoms with Gasteiger partial charge in [-0.15, -0.1) is 0 Å². The maximum Gasteiger partial charge on any atom is 0.416 e. The van der Waals surface area contributed by atoms with Crippen molar-refractivity contribution < 1.29 is 27.5 Å². The van der Waals surface area contributed by atoms with Gasteiger partial charge in [0.15, 0.2) is 5.11 Å².